The first-order chi connectivity index (χ1) is 15.5. The Morgan fingerprint density at radius 3 is 2.75 bits per heavy atom. The Balaban J connectivity index is 1.47. The number of nitriles is 1. The monoisotopic (exact) mass is 438 g/mol. The van der Waals surface area contributed by atoms with E-state index in [2.05, 4.69) is 5.32 Å². The Morgan fingerprint density at radius 1 is 1.22 bits per heavy atom. The molecule has 1 aliphatic rings. The summed E-state index contributed by atoms with van der Waals surface area (Å²) in [6.07, 6.45) is -0.820. The number of carbonyl (C=O) groups is 2. The topological polar surface area (TPSA) is 115 Å². The molecule has 2 N–H and O–H groups in total. The minimum atomic E-state index is -0.820. The number of aliphatic hydroxyl groups excluding tert-OH is 1. The number of methoxy groups -OCH3 is 1. The van der Waals surface area contributed by atoms with Gasteiger partial charge >= 0.3 is 6.03 Å². The number of nitrogens with zero attached hydrogens (tertiary/aromatic N) is 3. The average molecular weight is 438 g/mol. The molecule has 2 atom stereocenters. The first-order valence-corrected chi connectivity index (χ1v) is 10.3. The zero-order valence-corrected chi connectivity index (χ0v) is 18.0. The van der Waals surface area contributed by atoms with Crippen LogP contribution in [-0.4, -0.2) is 67.4 Å². The van der Waals surface area contributed by atoms with E-state index in [9.17, 15) is 14.7 Å². The van der Waals surface area contributed by atoms with Crippen LogP contribution in [0.2, 0.25) is 0 Å². The lowest BCUT2D eigenvalue weighted by Gasteiger charge is -2.20. The minimum absolute atomic E-state index is 0.00786. The third-order valence-corrected chi connectivity index (χ3v) is 5.11. The number of carbonyl (C=O) groups excluding carboxylic acids is 2. The molecular weight excluding hydrogens is 412 g/mol. The highest BCUT2D eigenvalue weighted by Gasteiger charge is 2.43. The van der Waals surface area contributed by atoms with E-state index < -0.39 is 18.2 Å². The van der Waals surface area contributed by atoms with Crippen LogP contribution in [0.1, 0.15) is 12.5 Å². The number of urea groups is 1. The van der Waals surface area contributed by atoms with Gasteiger partial charge in [-0.1, -0.05) is 18.2 Å². The lowest BCUT2D eigenvalue weighted by Crippen LogP contribution is -2.40. The maximum Gasteiger partial charge on any atom is 0.332 e. The molecule has 1 aliphatic heterocycles. The van der Waals surface area contributed by atoms with Gasteiger partial charge in [-0.3, -0.25) is 14.6 Å². The van der Waals surface area contributed by atoms with Crippen molar-refractivity contribution in [2.45, 2.75) is 19.1 Å². The summed E-state index contributed by atoms with van der Waals surface area (Å²) < 4.78 is 10.7. The van der Waals surface area contributed by atoms with Crippen molar-refractivity contribution in [2.75, 3.05) is 38.3 Å². The van der Waals surface area contributed by atoms with E-state index in [-0.39, 0.29) is 25.6 Å². The van der Waals surface area contributed by atoms with Crippen molar-refractivity contribution in [1.82, 2.24) is 10.2 Å². The Morgan fingerprint density at radius 2 is 2.00 bits per heavy atom. The van der Waals surface area contributed by atoms with Crippen LogP contribution in [0.25, 0.3) is 0 Å². The van der Waals surface area contributed by atoms with Crippen LogP contribution < -0.4 is 19.7 Å². The number of ether oxygens (including phenoxy) is 2. The Hall–Kier alpha value is -3.61. The molecule has 3 rings (SSSR count). The number of nitrogens with one attached hydrogen (secondary N) is 1. The van der Waals surface area contributed by atoms with Crippen molar-refractivity contribution in [2.24, 2.45) is 0 Å². The maximum atomic E-state index is 12.8. The minimum Gasteiger partial charge on any atom is -0.497 e. The lowest BCUT2D eigenvalue weighted by molar-refractivity contribution is -0.126. The van der Waals surface area contributed by atoms with Crippen molar-refractivity contribution < 1.29 is 24.2 Å². The van der Waals surface area contributed by atoms with Crippen molar-refractivity contribution >= 4 is 17.6 Å². The first-order valence-electron chi connectivity index (χ1n) is 10.3. The Bertz CT molecular complexity index is 1010. The number of rotatable bonds is 10. The second-order valence-corrected chi connectivity index (χ2v) is 7.30. The van der Waals surface area contributed by atoms with Crippen molar-refractivity contribution in [3.63, 3.8) is 0 Å². The van der Waals surface area contributed by atoms with Crippen molar-refractivity contribution in [1.29, 1.82) is 5.26 Å². The fourth-order valence-corrected chi connectivity index (χ4v) is 3.42. The Kier molecular flexibility index (Phi) is 7.65. The van der Waals surface area contributed by atoms with Crippen LogP contribution in [0.4, 0.5) is 10.5 Å². The quantitative estimate of drug-likeness (QED) is 0.429. The highest BCUT2D eigenvalue weighted by molar-refractivity contribution is 6.14. The van der Waals surface area contributed by atoms with Gasteiger partial charge in [-0.2, -0.15) is 5.26 Å². The summed E-state index contributed by atoms with van der Waals surface area (Å²) in [5.41, 5.74) is 0.990. The predicted molar refractivity (Wildman–Crippen MR) is 118 cm³/mol. The number of benzene rings is 2. The number of imide groups is 1. The van der Waals surface area contributed by atoms with Crippen molar-refractivity contribution in [3.8, 4) is 17.6 Å². The predicted octanol–water partition coefficient (Wildman–Crippen LogP) is 1.75. The summed E-state index contributed by atoms with van der Waals surface area (Å²) in [6, 6.07) is 14.8. The molecule has 0 radical (unpaired) electrons. The second kappa shape index (κ2) is 10.6. The van der Waals surface area contributed by atoms with Gasteiger partial charge < -0.3 is 19.9 Å². The van der Waals surface area contributed by atoms with E-state index in [1.165, 1.54) is 9.80 Å². The summed E-state index contributed by atoms with van der Waals surface area (Å²) in [7, 11) is 1.54. The number of hydrogen-bond donors (Lipinski definition) is 2. The normalized spacial score (nSPS) is 16.8. The molecule has 1 heterocycles. The van der Waals surface area contributed by atoms with Crippen LogP contribution in [0, 0.1) is 11.3 Å². The molecule has 32 heavy (non-hydrogen) atoms. The van der Waals surface area contributed by atoms with E-state index in [0.717, 1.165) is 0 Å². The fourth-order valence-electron chi connectivity index (χ4n) is 3.42. The SMILES string of the molecule is COc1cccc(N2C(=O)N(CCNCC(O)COc3ccccc3C#N)C(=O)C2C)c1. The average Bonchev–Trinajstić information content (AvgIpc) is 3.03. The number of aliphatic hydroxyl groups is 1. The molecule has 0 spiro atoms. The summed E-state index contributed by atoms with van der Waals surface area (Å²) >= 11 is 0. The summed E-state index contributed by atoms with van der Waals surface area (Å²) in [5.74, 6) is 0.731. The summed E-state index contributed by atoms with van der Waals surface area (Å²) in [5, 5.41) is 22.2. The van der Waals surface area contributed by atoms with Crippen LogP contribution in [-0.2, 0) is 4.79 Å². The van der Waals surface area contributed by atoms with E-state index in [1.54, 1.807) is 62.6 Å². The van der Waals surface area contributed by atoms with E-state index in [4.69, 9.17) is 14.7 Å². The number of hydrogen-bond acceptors (Lipinski definition) is 7. The highest BCUT2D eigenvalue weighted by Crippen LogP contribution is 2.28. The van der Waals surface area contributed by atoms with Gasteiger partial charge in [0.25, 0.3) is 5.91 Å². The molecule has 0 aliphatic carbocycles. The third-order valence-electron chi connectivity index (χ3n) is 5.11. The number of anilines is 1. The number of amides is 3. The van der Waals surface area contributed by atoms with Gasteiger partial charge in [-0.15, -0.1) is 0 Å². The molecule has 0 saturated carbocycles. The second-order valence-electron chi connectivity index (χ2n) is 7.30. The van der Waals surface area contributed by atoms with E-state index >= 15 is 0 Å². The fraction of sp³-hybridized carbons (Fsp3) is 0.348. The van der Waals surface area contributed by atoms with Gasteiger partial charge in [0.15, 0.2) is 0 Å². The molecule has 3 amide bonds. The van der Waals surface area contributed by atoms with Gasteiger partial charge in [-0.25, -0.2) is 4.79 Å². The van der Waals surface area contributed by atoms with Crippen molar-refractivity contribution in [3.05, 3.63) is 54.1 Å². The number of para-hydroxylation sites is 1. The smallest absolute Gasteiger partial charge is 0.332 e. The van der Waals surface area contributed by atoms with Crippen LogP contribution >= 0.6 is 0 Å². The summed E-state index contributed by atoms with van der Waals surface area (Å²) in [6.45, 7) is 2.40. The van der Waals surface area contributed by atoms with Gasteiger partial charge in [0.1, 0.15) is 36.3 Å². The largest absolute Gasteiger partial charge is 0.497 e. The first kappa shape index (κ1) is 23.1. The Labute approximate surface area is 186 Å². The van der Waals surface area contributed by atoms with Crippen LogP contribution in [0.5, 0.6) is 11.5 Å². The lowest BCUT2D eigenvalue weighted by atomic mass is 10.2. The van der Waals surface area contributed by atoms with Crippen LogP contribution in [0.15, 0.2) is 48.5 Å². The molecule has 1 saturated heterocycles. The van der Waals surface area contributed by atoms with Crippen LogP contribution in [0.3, 0.4) is 0 Å². The molecule has 168 valence electrons. The van der Waals surface area contributed by atoms with Gasteiger partial charge in [0.2, 0.25) is 0 Å². The van der Waals surface area contributed by atoms with E-state index in [1.807, 2.05) is 6.07 Å². The third kappa shape index (κ3) is 5.17. The molecule has 1 fully saturated rings. The maximum absolute atomic E-state index is 12.8. The van der Waals surface area contributed by atoms with Gasteiger partial charge in [0, 0.05) is 25.7 Å². The molecule has 9 heteroatoms. The molecule has 9 nitrogen and oxygen atoms in total. The van der Waals surface area contributed by atoms with E-state index in [0.29, 0.717) is 29.3 Å². The standard InChI is InChI=1S/C23H26N4O5/c1-16-22(29)26(23(30)27(16)18-7-5-8-20(12-18)31-2)11-10-25-14-19(28)15-32-21-9-4-3-6-17(21)13-24/h3-9,12,16,19,25,28H,10-11,14-15H2,1-2H3. The van der Waals surface area contributed by atoms with Gasteiger partial charge in [-0.05, 0) is 31.2 Å². The molecule has 2 unspecified atom stereocenters. The molecule has 2 aromatic carbocycles. The zero-order valence-electron chi connectivity index (χ0n) is 18.0. The highest BCUT2D eigenvalue weighted by atomic mass is 16.5. The summed E-state index contributed by atoms with van der Waals surface area (Å²) in [4.78, 5) is 28.1. The molecule has 2 aromatic rings. The molecule has 0 bridgehead atoms. The van der Waals surface area contributed by atoms with Gasteiger partial charge in [0.05, 0.1) is 18.4 Å². The zero-order chi connectivity index (χ0) is 23.1. The molecule has 0 aromatic heterocycles. The molecular formula is C23H26N4O5.